The Morgan fingerprint density at radius 3 is 2.35 bits per heavy atom. The molecular weight excluding hydrogens is 582 g/mol. The van der Waals surface area contributed by atoms with Crippen LogP contribution < -0.4 is 19.8 Å². The largest absolute Gasteiger partial charge is 0.493 e. The van der Waals surface area contributed by atoms with Gasteiger partial charge >= 0.3 is 5.97 Å². The fourth-order valence-electron chi connectivity index (χ4n) is 5.67. The average Bonchev–Trinajstić information content (AvgIpc) is 3.37. The van der Waals surface area contributed by atoms with Gasteiger partial charge in [-0.1, -0.05) is 49.7 Å². The highest BCUT2D eigenvalue weighted by molar-refractivity contribution is 6.11. The topological polar surface area (TPSA) is 95.3 Å². The molecule has 0 bridgehead atoms. The van der Waals surface area contributed by atoms with Crippen LogP contribution in [0.2, 0.25) is 0 Å². The second-order valence-corrected chi connectivity index (χ2v) is 11.4. The summed E-state index contributed by atoms with van der Waals surface area (Å²) in [6.45, 7) is 6.57. The zero-order valence-electron chi connectivity index (χ0n) is 26.3. The van der Waals surface area contributed by atoms with Crippen molar-refractivity contribution in [3.63, 3.8) is 0 Å². The van der Waals surface area contributed by atoms with E-state index >= 15 is 0 Å². The van der Waals surface area contributed by atoms with Gasteiger partial charge < -0.3 is 18.6 Å². The molecule has 8 nitrogen and oxygen atoms in total. The summed E-state index contributed by atoms with van der Waals surface area (Å²) in [6.07, 6.45) is 1.69. The van der Waals surface area contributed by atoms with Crippen LogP contribution in [-0.4, -0.2) is 25.6 Å². The first-order chi connectivity index (χ1) is 22.3. The Hall–Kier alpha value is -5.37. The number of methoxy groups -OCH3 is 1. The van der Waals surface area contributed by atoms with Gasteiger partial charge in [-0.05, 0) is 91.1 Å². The summed E-state index contributed by atoms with van der Waals surface area (Å²) in [6, 6.07) is 24.5. The van der Waals surface area contributed by atoms with E-state index in [1.54, 1.807) is 55.6 Å². The number of esters is 1. The van der Waals surface area contributed by atoms with Crippen molar-refractivity contribution in [1.29, 1.82) is 0 Å². The number of ether oxygens (including phenoxy) is 3. The number of nitrogens with zero attached hydrogens (tertiary/aromatic N) is 1. The molecule has 1 aromatic heterocycles. The number of carbonyl (C=O) groups is 2. The van der Waals surface area contributed by atoms with E-state index in [-0.39, 0.29) is 16.8 Å². The summed E-state index contributed by atoms with van der Waals surface area (Å²) in [4.78, 5) is 42.4. The van der Waals surface area contributed by atoms with Gasteiger partial charge in [-0.25, -0.2) is 4.79 Å². The van der Waals surface area contributed by atoms with Crippen molar-refractivity contribution in [3.05, 3.63) is 134 Å². The normalized spacial score (nSPS) is 14.0. The minimum Gasteiger partial charge on any atom is -0.493 e. The molecule has 5 aromatic rings. The molecule has 1 atom stereocenters. The molecule has 1 unspecified atom stereocenters. The monoisotopic (exact) mass is 617 g/mol. The van der Waals surface area contributed by atoms with E-state index in [9.17, 15) is 14.4 Å². The van der Waals surface area contributed by atoms with Gasteiger partial charge in [-0.15, -0.1) is 0 Å². The van der Waals surface area contributed by atoms with Gasteiger partial charge in [0.25, 0.3) is 5.91 Å². The highest BCUT2D eigenvalue weighted by Crippen LogP contribution is 2.43. The summed E-state index contributed by atoms with van der Waals surface area (Å²) in [5.74, 6) is 0.0678. The molecule has 46 heavy (non-hydrogen) atoms. The first-order valence-corrected chi connectivity index (χ1v) is 15.3. The molecule has 4 aromatic carbocycles. The quantitative estimate of drug-likeness (QED) is 0.117. The molecule has 234 valence electrons. The number of benzene rings is 4. The van der Waals surface area contributed by atoms with Crippen LogP contribution in [0.1, 0.15) is 74.5 Å². The lowest BCUT2D eigenvalue weighted by Gasteiger charge is -2.26. The molecule has 8 heteroatoms. The molecule has 6 rings (SSSR count). The van der Waals surface area contributed by atoms with E-state index in [0.29, 0.717) is 52.5 Å². The van der Waals surface area contributed by atoms with Crippen molar-refractivity contribution < 1.29 is 28.2 Å². The van der Waals surface area contributed by atoms with Crippen LogP contribution in [0.15, 0.2) is 94.1 Å². The second kappa shape index (κ2) is 12.9. The first kappa shape index (κ1) is 30.6. The van der Waals surface area contributed by atoms with E-state index in [2.05, 4.69) is 0 Å². The molecule has 2 heterocycles. The predicted molar refractivity (Wildman–Crippen MR) is 176 cm³/mol. The number of unbranched alkanes of at least 4 members (excludes halogenated alkanes) is 1. The average molecular weight is 618 g/mol. The Kier molecular flexibility index (Phi) is 8.61. The third kappa shape index (κ3) is 5.74. The SMILES string of the molecule is CCCCOC(=O)c1ccc(N2C(=O)c3oc4cc(C)c(C)cc4c(=O)c3C2c2ccc(OCc3ccccc3)c(OC)c2)cc1. The molecule has 1 aliphatic heterocycles. The summed E-state index contributed by atoms with van der Waals surface area (Å²) < 4.78 is 23.4. The number of hydrogen-bond donors (Lipinski definition) is 0. The molecule has 1 aliphatic rings. The number of rotatable bonds is 10. The maximum absolute atomic E-state index is 14.2. The highest BCUT2D eigenvalue weighted by atomic mass is 16.5. The van der Waals surface area contributed by atoms with Crippen molar-refractivity contribution >= 4 is 28.5 Å². The van der Waals surface area contributed by atoms with Crippen LogP contribution in [0.3, 0.4) is 0 Å². The Labute approximate surface area is 267 Å². The van der Waals surface area contributed by atoms with E-state index in [4.69, 9.17) is 18.6 Å². The molecule has 0 N–H and O–H groups in total. The Morgan fingerprint density at radius 1 is 0.891 bits per heavy atom. The third-order valence-electron chi connectivity index (χ3n) is 8.34. The van der Waals surface area contributed by atoms with Crippen molar-refractivity contribution in [1.82, 2.24) is 0 Å². The second-order valence-electron chi connectivity index (χ2n) is 11.4. The maximum Gasteiger partial charge on any atom is 0.338 e. The van der Waals surface area contributed by atoms with E-state index in [0.717, 1.165) is 29.5 Å². The number of carbonyl (C=O) groups excluding carboxylic acids is 2. The number of amides is 1. The van der Waals surface area contributed by atoms with E-state index < -0.39 is 17.9 Å². The Balaban J connectivity index is 1.44. The number of anilines is 1. The van der Waals surface area contributed by atoms with E-state index in [1.165, 1.54) is 4.90 Å². The Morgan fingerprint density at radius 2 is 1.63 bits per heavy atom. The molecule has 0 saturated carbocycles. The highest BCUT2D eigenvalue weighted by Gasteiger charge is 2.44. The minimum atomic E-state index is -0.829. The van der Waals surface area contributed by atoms with Crippen LogP contribution >= 0.6 is 0 Å². The van der Waals surface area contributed by atoms with Crippen LogP contribution in [0.25, 0.3) is 11.0 Å². The zero-order chi connectivity index (χ0) is 32.4. The summed E-state index contributed by atoms with van der Waals surface area (Å²) in [7, 11) is 1.55. The molecule has 0 aliphatic carbocycles. The molecule has 1 amide bonds. The lowest BCUT2D eigenvalue weighted by Crippen LogP contribution is -2.29. The smallest absolute Gasteiger partial charge is 0.338 e. The number of fused-ring (bicyclic) bond motifs is 2. The molecule has 0 saturated heterocycles. The van der Waals surface area contributed by atoms with Gasteiger partial charge in [0.15, 0.2) is 16.9 Å². The van der Waals surface area contributed by atoms with Gasteiger partial charge in [-0.3, -0.25) is 14.5 Å². The van der Waals surface area contributed by atoms with Crippen LogP contribution in [0.5, 0.6) is 11.5 Å². The van der Waals surface area contributed by atoms with Gasteiger partial charge in [0, 0.05) is 5.69 Å². The summed E-state index contributed by atoms with van der Waals surface area (Å²) in [5, 5.41) is 0.404. The van der Waals surface area contributed by atoms with Crippen molar-refractivity contribution in [3.8, 4) is 11.5 Å². The Bertz CT molecular complexity index is 1980. The van der Waals surface area contributed by atoms with Gasteiger partial charge in [0.05, 0.1) is 36.3 Å². The molecule has 0 radical (unpaired) electrons. The molecule has 0 fully saturated rings. The van der Waals surface area contributed by atoms with Crippen LogP contribution in [-0.2, 0) is 11.3 Å². The molecular formula is C38H35NO7. The fourth-order valence-corrected chi connectivity index (χ4v) is 5.67. The van der Waals surface area contributed by atoms with Crippen molar-refractivity contribution in [2.24, 2.45) is 0 Å². The predicted octanol–water partition coefficient (Wildman–Crippen LogP) is 7.70. The standard InChI is InChI=1S/C38H35NO7/c1-5-6-18-44-38(42)26-12-15-28(16-13-26)39-34(27-14-17-30(32(21-27)43-4)45-22-25-10-8-7-9-11-25)33-35(40)29-19-23(2)24(3)20-31(29)46-36(33)37(39)41/h7-17,19-21,34H,5-6,18,22H2,1-4H3. The maximum atomic E-state index is 14.2. The van der Waals surface area contributed by atoms with Crippen LogP contribution in [0, 0.1) is 13.8 Å². The fraction of sp³-hybridized carbons (Fsp3) is 0.237. The first-order valence-electron chi connectivity index (χ1n) is 15.3. The van der Waals surface area contributed by atoms with Gasteiger partial charge in [0.1, 0.15) is 12.2 Å². The third-order valence-corrected chi connectivity index (χ3v) is 8.34. The van der Waals surface area contributed by atoms with Crippen molar-refractivity contribution in [2.45, 2.75) is 46.3 Å². The number of hydrogen-bond acceptors (Lipinski definition) is 7. The van der Waals surface area contributed by atoms with Gasteiger partial charge in [0.2, 0.25) is 5.76 Å². The lowest BCUT2D eigenvalue weighted by molar-refractivity contribution is 0.0499. The molecule has 0 spiro atoms. The van der Waals surface area contributed by atoms with Gasteiger partial charge in [-0.2, -0.15) is 0 Å². The number of aryl methyl sites for hydroxylation is 2. The summed E-state index contributed by atoms with van der Waals surface area (Å²) in [5.41, 5.74) is 4.71. The zero-order valence-corrected chi connectivity index (χ0v) is 26.3. The van der Waals surface area contributed by atoms with Crippen molar-refractivity contribution in [2.75, 3.05) is 18.6 Å². The summed E-state index contributed by atoms with van der Waals surface area (Å²) >= 11 is 0. The lowest BCUT2D eigenvalue weighted by atomic mass is 9.96. The van der Waals surface area contributed by atoms with E-state index in [1.807, 2.05) is 57.2 Å². The van der Waals surface area contributed by atoms with Crippen LogP contribution in [0.4, 0.5) is 5.69 Å². The minimum absolute atomic E-state index is 0.0165.